The van der Waals surface area contributed by atoms with Crippen LogP contribution in [0, 0.1) is 0 Å². The van der Waals surface area contributed by atoms with E-state index in [0.717, 1.165) is 4.90 Å². The Labute approximate surface area is 174 Å². The van der Waals surface area contributed by atoms with Crippen molar-refractivity contribution in [2.75, 3.05) is 10.2 Å². The molecule has 1 unspecified atom stereocenters. The molecule has 158 valence electrons. The summed E-state index contributed by atoms with van der Waals surface area (Å²) in [4.78, 5) is 43.1. The summed E-state index contributed by atoms with van der Waals surface area (Å²) in [6, 6.07) is 5.25. The highest BCUT2D eigenvalue weighted by molar-refractivity contribution is 8.00. The summed E-state index contributed by atoms with van der Waals surface area (Å²) in [5.74, 6) is -0.800. The smallest absolute Gasteiger partial charge is 0.325 e. The zero-order chi connectivity index (χ0) is 22.1. The maximum absolute atomic E-state index is 12.9. The lowest BCUT2D eigenvalue weighted by Crippen LogP contribution is -2.33. The van der Waals surface area contributed by atoms with Gasteiger partial charge in [-0.3, -0.25) is 14.6 Å². The number of carbonyl (C=O) groups excluding carboxylic acids is 3. The first-order valence-corrected chi connectivity index (χ1v) is 9.59. The Balaban J connectivity index is 1.82. The van der Waals surface area contributed by atoms with Gasteiger partial charge >= 0.3 is 11.5 Å². The number of halogens is 3. The van der Waals surface area contributed by atoms with E-state index in [4.69, 9.17) is 0 Å². The van der Waals surface area contributed by atoms with Crippen LogP contribution in [0.1, 0.15) is 19.4 Å². The lowest BCUT2D eigenvalue weighted by molar-refractivity contribution is -0.119. The molecule has 0 bridgehead atoms. The van der Waals surface area contributed by atoms with Crippen molar-refractivity contribution in [2.24, 2.45) is 0 Å². The molecule has 1 N–H and O–H groups in total. The van der Waals surface area contributed by atoms with Gasteiger partial charge in [0.25, 0.3) is 5.91 Å². The molecule has 7 nitrogen and oxygen atoms in total. The Morgan fingerprint density at radius 2 is 1.87 bits per heavy atom. The average molecular weight is 438 g/mol. The number of thioether (sulfide) groups is 1. The highest BCUT2D eigenvalue weighted by Crippen LogP contribution is 2.38. The fraction of sp³-hybridized carbons (Fsp3) is 0.263. The van der Waals surface area contributed by atoms with Crippen LogP contribution in [0.2, 0.25) is 0 Å². The number of anilines is 2. The van der Waals surface area contributed by atoms with Gasteiger partial charge < -0.3 is 10.2 Å². The fourth-order valence-corrected chi connectivity index (χ4v) is 3.53. The van der Waals surface area contributed by atoms with Crippen LogP contribution >= 0.6 is 11.8 Å². The number of alkyl halides is 3. The van der Waals surface area contributed by atoms with E-state index in [-0.39, 0.29) is 34.8 Å². The minimum absolute atomic E-state index is 0.0440. The number of carbonyl (C=O) groups is 3. The third kappa shape index (κ3) is 4.73. The Hall–Kier alpha value is -3.08. The van der Waals surface area contributed by atoms with Gasteiger partial charge in [-0.2, -0.15) is 13.2 Å². The fourth-order valence-electron chi connectivity index (χ4n) is 2.99. The number of nitrogens with one attached hydrogen (secondary N) is 1. The molecular weight excluding hydrogens is 421 g/mol. The summed E-state index contributed by atoms with van der Waals surface area (Å²) in [5, 5.41) is 2.62. The number of nitrogens with zero attached hydrogens (tertiary/aromatic N) is 3. The van der Waals surface area contributed by atoms with Crippen molar-refractivity contribution in [1.82, 2.24) is 9.88 Å². The second kappa shape index (κ2) is 8.34. The summed E-state index contributed by atoms with van der Waals surface area (Å²) in [7, 11) is 0. The van der Waals surface area contributed by atoms with Crippen molar-refractivity contribution < 1.29 is 27.6 Å². The first-order valence-electron chi connectivity index (χ1n) is 8.77. The Bertz CT molecular complexity index is 982. The summed E-state index contributed by atoms with van der Waals surface area (Å²) in [6.07, 6.45) is 2.95. The second-order valence-corrected chi connectivity index (χ2v) is 7.65. The van der Waals surface area contributed by atoms with E-state index in [0.29, 0.717) is 11.3 Å². The highest BCUT2D eigenvalue weighted by Gasteiger charge is 2.43. The van der Waals surface area contributed by atoms with E-state index >= 15 is 0 Å². The molecule has 2 heterocycles. The van der Waals surface area contributed by atoms with Crippen LogP contribution in [0.5, 0.6) is 0 Å². The molecular formula is C19H17F3N4O3S. The maximum atomic E-state index is 12.9. The molecule has 1 aromatic carbocycles. The monoisotopic (exact) mass is 438 g/mol. The van der Waals surface area contributed by atoms with Crippen molar-refractivity contribution >= 4 is 41.0 Å². The number of aromatic nitrogens is 1. The second-order valence-electron chi connectivity index (χ2n) is 6.52. The Kier molecular flexibility index (Phi) is 6.01. The summed E-state index contributed by atoms with van der Waals surface area (Å²) < 4.78 is 37.5. The van der Waals surface area contributed by atoms with Crippen LogP contribution in [-0.2, 0) is 16.1 Å². The van der Waals surface area contributed by atoms with Crippen molar-refractivity contribution in [3.63, 3.8) is 0 Å². The first kappa shape index (κ1) is 21.6. The van der Waals surface area contributed by atoms with E-state index in [1.807, 2.05) is 0 Å². The average Bonchev–Trinajstić information content (AvgIpc) is 2.86. The number of urea groups is 1. The molecule has 1 aromatic heterocycles. The number of hydrogen-bond donors (Lipinski definition) is 1. The third-order valence-corrected chi connectivity index (χ3v) is 5.11. The van der Waals surface area contributed by atoms with Gasteiger partial charge in [0, 0.05) is 18.0 Å². The number of benzene rings is 1. The lowest BCUT2D eigenvalue weighted by Gasteiger charge is -2.21. The Morgan fingerprint density at radius 1 is 1.20 bits per heavy atom. The minimum Gasteiger partial charge on any atom is -0.325 e. The zero-order valence-electron chi connectivity index (χ0n) is 15.9. The van der Waals surface area contributed by atoms with Gasteiger partial charge in [-0.25, -0.2) is 9.69 Å². The summed E-state index contributed by atoms with van der Waals surface area (Å²) in [6.45, 7) is 2.95. The van der Waals surface area contributed by atoms with Crippen LogP contribution in [0.15, 0.2) is 47.6 Å². The normalized spacial score (nSPS) is 16.9. The molecule has 1 atom stereocenters. The number of hydrogen-bond acceptors (Lipinski definition) is 5. The van der Waals surface area contributed by atoms with Crippen LogP contribution in [0.4, 0.5) is 29.3 Å². The summed E-state index contributed by atoms with van der Waals surface area (Å²) in [5.41, 5.74) is -3.23. The van der Waals surface area contributed by atoms with E-state index in [2.05, 4.69) is 10.3 Å². The predicted octanol–water partition coefficient (Wildman–Crippen LogP) is 4.01. The topological polar surface area (TPSA) is 82.6 Å². The molecule has 3 rings (SSSR count). The molecule has 2 aromatic rings. The molecule has 1 aliphatic rings. The number of pyridine rings is 1. The van der Waals surface area contributed by atoms with Gasteiger partial charge in [-0.1, -0.05) is 0 Å². The minimum atomic E-state index is -4.43. The summed E-state index contributed by atoms with van der Waals surface area (Å²) >= 11 is -0.276. The van der Waals surface area contributed by atoms with Crippen molar-refractivity contribution in [1.29, 1.82) is 0 Å². The van der Waals surface area contributed by atoms with Gasteiger partial charge in [-0.15, -0.1) is 0 Å². The van der Waals surface area contributed by atoms with Crippen LogP contribution in [-0.4, -0.2) is 39.3 Å². The SMILES string of the molecule is CC(=O)Nc1cnccc1CN1C(=O)N(c2ccc(SC(F)(F)F)cc2)C(=O)C1C. The molecule has 4 amide bonds. The molecule has 11 heteroatoms. The van der Waals surface area contributed by atoms with E-state index in [1.54, 1.807) is 13.0 Å². The molecule has 0 saturated carbocycles. The maximum Gasteiger partial charge on any atom is 0.446 e. The van der Waals surface area contributed by atoms with Gasteiger partial charge in [0.15, 0.2) is 0 Å². The standard InChI is InChI=1S/C19H17F3N4O3S/c1-11-17(28)26(14-3-5-15(6-4-14)30-19(20,21)22)18(29)25(11)10-13-7-8-23-9-16(13)24-12(2)27/h3-9,11H,10H2,1-2H3,(H,24,27). The lowest BCUT2D eigenvalue weighted by atomic mass is 10.2. The first-order chi connectivity index (χ1) is 14.1. The molecule has 0 aliphatic carbocycles. The Morgan fingerprint density at radius 3 is 2.47 bits per heavy atom. The largest absolute Gasteiger partial charge is 0.446 e. The van der Waals surface area contributed by atoms with Crippen molar-refractivity contribution in [3.05, 3.63) is 48.3 Å². The number of imide groups is 1. The molecule has 1 aliphatic heterocycles. The van der Waals surface area contributed by atoms with Gasteiger partial charge in [0.05, 0.1) is 24.1 Å². The predicted molar refractivity (Wildman–Crippen MR) is 105 cm³/mol. The molecule has 1 fully saturated rings. The van der Waals surface area contributed by atoms with Crippen molar-refractivity contribution in [2.45, 2.75) is 36.8 Å². The number of rotatable bonds is 5. The van der Waals surface area contributed by atoms with Gasteiger partial charge in [0.1, 0.15) is 6.04 Å². The molecule has 0 radical (unpaired) electrons. The molecule has 1 saturated heterocycles. The third-order valence-electron chi connectivity index (χ3n) is 4.37. The van der Waals surface area contributed by atoms with Gasteiger partial charge in [0.2, 0.25) is 5.91 Å². The van der Waals surface area contributed by atoms with E-state index < -0.39 is 23.5 Å². The van der Waals surface area contributed by atoms with Crippen LogP contribution in [0.25, 0.3) is 0 Å². The molecule has 0 spiro atoms. The quantitative estimate of drug-likeness (QED) is 0.564. The zero-order valence-corrected chi connectivity index (χ0v) is 16.8. The van der Waals surface area contributed by atoms with E-state index in [9.17, 15) is 27.6 Å². The van der Waals surface area contributed by atoms with E-state index in [1.165, 1.54) is 48.5 Å². The van der Waals surface area contributed by atoms with Crippen molar-refractivity contribution in [3.8, 4) is 0 Å². The van der Waals surface area contributed by atoms with Crippen LogP contribution in [0.3, 0.4) is 0 Å². The molecule has 30 heavy (non-hydrogen) atoms. The number of amides is 4. The van der Waals surface area contributed by atoms with Gasteiger partial charge in [-0.05, 0) is 54.6 Å². The highest BCUT2D eigenvalue weighted by atomic mass is 32.2. The van der Waals surface area contributed by atoms with Crippen LogP contribution < -0.4 is 10.2 Å².